The molecular formula is C6H3AgB4F5. The fourth-order valence-corrected chi connectivity index (χ4v) is 0.915. The number of rotatable bonds is 2. The zero-order valence-electron chi connectivity index (χ0n) is 6.92. The average molecular weight is 321 g/mol. The molecule has 0 bridgehead atoms. The second kappa shape index (κ2) is 5.98. The minimum absolute atomic E-state index is 0. The maximum Gasteiger partial charge on any atom is 1.00 e. The van der Waals surface area contributed by atoms with E-state index >= 15 is 0 Å². The predicted octanol–water partition coefficient (Wildman–Crippen LogP) is -0.772. The van der Waals surface area contributed by atoms with Gasteiger partial charge in [-0.1, -0.05) is 7.74 Å². The Hall–Kier alpha value is -0.130. The van der Waals surface area contributed by atoms with Crippen LogP contribution < -0.4 is 5.46 Å². The van der Waals surface area contributed by atoms with Gasteiger partial charge in [-0.05, 0) is 5.46 Å². The molecule has 0 amide bonds. The van der Waals surface area contributed by atoms with E-state index in [4.69, 9.17) is 7.74 Å². The van der Waals surface area contributed by atoms with E-state index < -0.39 is 48.8 Å². The zero-order chi connectivity index (χ0) is 11.7. The van der Waals surface area contributed by atoms with E-state index in [1.807, 2.05) is 0 Å². The molecule has 0 aliphatic heterocycles. The Morgan fingerprint density at radius 1 is 0.875 bits per heavy atom. The van der Waals surface area contributed by atoms with E-state index in [2.05, 4.69) is 0 Å². The van der Waals surface area contributed by atoms with Gasteiger partial charge in [0.2, 0.25) is 0 Å². The van der Waals surface area contributed by atoms with Crippen LogP contribution in [0.15, 0.2) is 0 Å². The summed E-state index contributed by atoms with van der Waals surface area (Å²) in [5, 5.41) is 0. The van der Waals surface area contributed by atoms with Gasteiger partial charge in [-0.2, -0.15) is 0 Å². The third-order valence-electron chi connectivity index (χ3n) is 1.58. The molecule has 0 aliphatic rings. The third kappa shape index (κ3) is 2.57. The van der Waals surface area contributed by atoms with Crippen molar-refractivity contribution in [1.82, 2.24) is 0 Å². The summed E-state index contributed by atoms with van der Waals surface area (Å²) >= 11 is 0. The molecule has 0 atom stereocenters. The second-order valence-electron chi connectivity index (χ2n) is 2.51. The summed E-state index contributed by atoms with van der Waals surface area (Å²) in [6.07, 6.45) is 0. The van der Waals surface area contributed by atoms with Crippen molar-refractivity contribution >= 4 is 34.5 Å². The van der Waals surface area contributed by atoms with E-state index in [9.17, 15) is 22.0 Å². The summed E-state index contributed by atoms with van der Waals surface area (Å²) in [5.41, 5.74) is -0.957. The molecule has 10 heteroatoms. The largest absolute Gasteiger partial charge is 1.00 e. The molecule has 0 unspecified atom stereocenters. The van der Waals surface area contributed by atoms with Crippen LogP contribution in [0.4, 0.5) is 22.0 Å². The summed E-state index contributed by atoms with van der Waals surface area (Å²) < 4.78 is 64.1. The summed E-state index contributed by atoms with van der Waals surface area (Å²) in [6.45, 7) is -1.23. The van der Waals surface area contributed by atoms with Crippen molar-refractivity contribution in [3.63, 3.8) is 0 Å². The van der Waals surface area contributed by atoms with Crippen LogP contribution in [-0.2, 0) is 22.4 Å². The van der Waals surface area contributed by atoms with Crippen molar-refractivity contribution in [2.75, 3.05) is 0 Å². The predicted molar refractivity (Wildman–Crippen MR) is 53.1 cm³/mol. The van der Waals surface area contributed by atoms with Crippen LogP contribution in [0.2, 0.25) is 0 Å². The van der Waals surface area contributed by atoms with Crippen molar-refractivity contribution in [1.29, 1.82) is 0 Å². The molecule has 0 saturated heterocycles. The molecule has 0 N–H and O–H groups in total. The zero-order valence-corrected chi connectivity index (χ0v) is 8.41. The summed E-state index contributed by atoms with van der Waals surface area (Å²) in [5.74, 6) is -9.78. The Morgan fingerprint density at radius 3 is 1.50 bits per heavy atom. The van der Waals surface area contributed by atoms with Crippen molar-refractivity contribution < 1.29 is 44.3 Å². The second-order valence-corrected chi connectivity index (χ2v) is 2.51. The van der Waals surface area contributed by atoms with Crippen molar-refractivity contribution in [2.24, 2.45) is 0 Å². The van der Waals surface area contributed by atoms with Crippen LogP contribution in [0, 0.1) is 29.1 Å². The van der Waals surface area contributed by atoms with Crippen molar-refractivity contribution in [3.8, 4) is 0 Å². The van der Waals surface area contributed by atoms with Crippen molar-refractivity contribution in [3.05, 3.63) is 29.1 Å². The quantitative estimate of drug-likeness (QED) is 0.290. The van der Waals surface area contributed by atoms with Gasteiger partial charge < -0.3 is 0 Å². The number of benzene rings is 1. The van der Waals surface area contributed by atoms with Crippen LogP contribution in [0.3, 0.4) is 0 Å². The molecule has 0 saturated carbocycles. The Labute approximate surface area is 108 Å². The monoisotopic (exact) mass is 321 g/mol. The van der Waals surface area contributed by atoms with Gasteiger partial charge in [0.05, 0.1) is 6.49 Å². The molecule has 0 spiro atoms. The molecule has 3 radical (unpaired) electrons. The van der Waals surface area contributed by atoms with E-state index in [-0.39, 0.29) is 22.4 Å². The van der Waals surface area contributed by atoms with Gasteiger partial charge in [-0.25, -0.2) is 22.0 Å². The van der Waals surface area contributed by atoms with E-state index in [0.29, 0.717) is 0 Å². The van der Waals surface area contributed by atoms with E-state index in [0.717, 1.165) is 0 Å². The first-order chi connectivity index (χ1) is 6.91. The average Bonchev–Trinajstić information content (AvgIpc) is 2.23. The van der Waals surface area contributed by atoms with Crippen LogP contribution in [0.5, 0.6) is 0 Å². The molecule has 85 valence electrons. The molecular weight excluding hydrogens is 318 g/mol. The molecule has 1 aromatic carbocycles. The van der Waals surface area contributed by atoms with Crippen LogP contribution in [-0.4, -0.2) is 29.0 Å². The minimum Gasteiger partial charge on any atom is -0.204 e. The smallest absolute Gasteiger partial charge is 0.204 e. The first-order valence-electron chi connectivity index (χ1n) is 3.40. The van der Waals surface area contributed by atoms with Gasteiger partial charge in [-0.3, -0.25) is 0 Å². The van der Waals surface area contributed by atoms with Gasteiger partial charge in [0.25, 0.3) is 0 Å². The number of hydrogen-bond donors (Lipinski definition) is 0. The van der Waals surface area contributed by atoms with E-state index in [1.165, 1.54) is 7.06 Å². The first kappa shape index (κ1) is 15.9. The molecule has 0 aromatic heterocycles. The van der Waals surface area contributed by atoms with Gasteiger partial charge in [0.15, 0.2) is 29.1 Å². The van der Waals surface area contributed by atoms with E-state index in [1.54, 1.807) is 0 Å². The molecule has 0 heterocycles. The van der Waals surface area contributed by atoms with Gasteiger partial charge >= 0.3 is 22.4 Å². The topological polar surface area (TPSA) is 0 Å². The summed E-state index contributed by atoms with van der Waals surface area (Å²) in [7, 11) is 6.22. The number of halogens is 5. The molecule has 0 nitrogen and oxygen atoms in total. The first-order valence-corrected chi connectivity index (χ1v) is 3.40. The van der Waals surface area contributed by atoms with Crippen LogP contribution in [0.1, 0.15) is 0 Å². The fraction of sp³-hybridized carbons (Fsp3) is 0. The standard InChI is InChI=1S/C6H3B4F5.Ag/c7-9-10(8)1-2(11)4(13)6(15)5(14)3(1)12;/h7H3;/q-1;+1. The Morgan fingerprint density at radius 2 is 1.19 bits per heavy atom. The SMILES string of the molecule is [Ag+].[B]B([B][BH3-])c1c(F)c(F)c(F)c(F)c1F. The van der Waals surface area contributed by atoms with Gasteiger partial charge in [0.1, 0.15) is 0 Å². The maximum atomic E-state index is 13.0. The summed E-state index contributed by atoms with van der Waals surface area (Å²) in [4.78, 5) is 0. The fourth-order valence-electron chi connectivity index (χ4n) is 0.915. The van der Waals surface area contributed by atoms with Gasteiger partial charge in [-0.15, -0.1) is 7.06 Å². The molecule has 1 rings (SSSR count). The Balaban J connectivity index is 0.00000225. The summed E-state index contributed by atoms with van der Waals surface area (Å²) in [6, 6.07) is 0. The van der Waals surface area contributed by atoms with Gasteiger partial charge in [0, 0.05) is 7.74 Å². The Bertz CT molecular complexity index is 372. The van der Waals surface area contributed by atoms with Crippen LogP contribution >= 0.6 is 0 Å². The van der Waals surface area contributed by atoms with Crippen LogP contribution in [0.25, 0.3) is 0 Å². The molecule has 1 aromatic rings. The molecule has 0 fully saturated rings. The van der Waals surface area contributed by atoms with Crippen molar-refractivity contribution in [2.45, 2.75) is 0 Å². The minimum atomic E-state index is -2.16. The molecule has 0 aliphatic carbocycles. The third-order valence-corrected chi connectivity index (χ3v) is 1.58. The maximum absolute atomic E-state index is 13.0. The number of hydrogen-bond acceptors (Lipinski definition) is 0. The Kier molecular flexibility index (Phi) is 5.93. The molecule has 16 heavy (non-hydrogen) atoms. The normalized spacial score (nSPS) is 9.62.